The van der Waals surface area contributed by atoms with E-state index in [1.54, 1.807) is 24.3 Å². The number of benzene rings is 2. The van der Waals surface area contributed by atoms with Gasteiger partial charge in [-0.1, -0.05) is 23.7 Å². The van der Waals surface area contributed by atoms with Crippen LogP contribution in [0.2, 0.25) is 5.02 Å². The van der Waals surface area contributed by atoms with Crippen LogP contribution < -0.4 is 0 Å². The molecule has 0 saturated heterocycles. The highest BCUT2D eigenvalue weighted by Gasteiger charge is 2.13. The first-order valence-corrected chi connectivity index (χ1v) is 7.56. The summed E-state index contributed by atoms with van der Waals surface area (Å²) in [5.41, 5.74) is 1.01. The standard InChI is InChI=1S/C12H7Cl2FO2S/c13-10-3-1-2-8(4-10)9-5-11(15)7-12(6-9)18(14,16)17/h1-7H. The van der Waals surface area contributed by atoms with Gasteiger partial charge < -0.3 is 0 Å². The molecule has 0 heterocycles. The predicted molar refractivity (Wildman–Crippen MR) is 69.9 cm³/mol. The molecular formula is C12H7Cl2FO2S. The number of hydrogen-bond donors (Lipinski definition) is 0. The van der Waals surface area contributed by atoms with Crippen LogP contribution in [-0.4, -0.2) is 8.42 Å². The Labute approximate surface area is 113 Å². The summed E-state index contributed by atoms with van der Waals surface area (Å²) in [7, 11) is 1.23. The molecule has 0 radical (unpaired) electrons. The van der Waals surface area contributed by atoms with E-state index in [2.05, 4.69) is 0 Å². The van der Waals surface area contributed by atoms with Crippen molar-refractivity contribution in [1.82, 2.24) is 0 Å². The van der Waals surface area contributed by atoms with Crippen LogP contribution in [0.3, 0.4) is 0 Å². The van der Waals surface area contributed by atoms with Crippen LogP contribution >= 0.6 is 22.3 Å². The molecule has 2 aromatic rings. The summed E-state index contributed by atoms with van der Waals surface area (Å²) in [6.07, 6.45) is 0. The van der Waals surface area contributed by atoms with Crippen molar-refractivity contribution in [3.63, 3.8) is 0 Å². The van der Waals surface area contributed by atoms with E-state index in [1.165, 1.54) is 12.1 Å². The Balaban J connectivity index is 2.63. The largest absolute Gasteiger partial charge is 0.261 e. The minimum Gasteiger partial charge on any atom is -0.207 e. The van der Waals surface area contributed by atoms with Crippen LogP contribution in [0, 0.1) is 5.82 Å². The van der Waals surface area contributed by atoms with E-state index in [4.69, 9.17) is 22.3 Å². The monoisotopic (exact) mass is 304 g/mol. The van der Waals surface area contributed by atoms with Crippen molar-refractivity contribution in [1.29, 1.82) is 0 Å². The molecule has 0 spiro atoms. The van der Waals surface area contributed by atoms with E-state index in [0.29, 0.717) is 16.1 Å². The molecule has 2 aromatic carbocycles. The third-order valence-corrected chi connectivity index (χ3v) is 3.88. The lowest BCUT2D eigenvalue weighted by molar-refractivity contribution is 0.602. The molecule has 0 amide bonds. The number of rotatable bonds is 2. The van der Waals surface area contributed by atoms with Gasteiger partial charge in [-0.15, -0.1) is 0 Å². The molecule has 0 bridgehead atoms. The molecule has 2 nitrogen and oxygen atoms in total. The predicted octanol–water partition coefficient (Wildman–Crippen LogP) is 4.07. The van der Waals surface area contributed by atoms with Crippen molar-refractivity contribution < 1.29 is 12.8 Å². The maximum atomic E-state index is 13.4. The maximum absolute atomic E-state index is 13.4. The van der Waals surface area contributed by atoms with Gasteiger partial charge in [-0.3, -0.25) is 0 Å². The minimum absolute atomic E-state index is 0.279. The van der Waals surface area contributed by atoms with Crippen LogP contribution in [0.1, 0.15) is 0 Å². The van der Waals surface area contributed by atoms with E-state index in [1.807, 2.05) is 0 Å². The van der Waals surface area contributed by atoms with Crippen molar-refractivity contribution in [2.45, 2.75) is 4.90 Å². The molecule has 0 N–H and O–H groups in total. The average molecular weight is 305 g/mol. The van der Waals surface area contributed by atoms with E-state index < -0.39 is 14.9 Å². The highest BCUT2D eigenvalue weighted by Crippen LogP contribution is 2.27. The van der Waals surface area contributed by atoms with Gasteiger partial charge in [0, 0.05) is 15.7 Å². The molecule has 18 heavy (non-hydrogen) atoms. The van der Waals surface area contributed by atoms with Crippen molar-refractivity contribution in [3.05, 3.63) is 53.3 Å². The second kappa shape index (κ2) is 4.88. The Bertz CT molecular complexity index is 699. The van der Waals surface area contributed by atoms with Gasteiger partial charge in [0.2, 0.25) is 0 Å². The van der Waals surface area contributed by atoms with Crippen LogP contribution in [0.15, 0.2) is 47.4 Å². The van der Waals surface area contributed by atoms with Gasteiger partial charge in [-0.05, 0) is 41.5 Å². The summed E-state index contributed by atoms with van der Waals surface area (Å²) in [4.78, 5) is -0.279. The Kier molecular flexibility index (Phi) is 3.61. The van der Waals surface area contributed by atoms with Gasteiger partial charge in [0.15, 0.2) is 0 Å². The number of hydrogen-bond acceptors (Lipinski definition) is 2. The van der Waals surface area contributed by atoms with Crippen LogP contribution in [-0.2, 0) is 9.05 Å². The van der Waals surface area contributed by atoms with Gasteiger partial charge in [0.25, 0.3) is 9.05 Å². The van der Waals surface area contributed by atoms with Crippen LogP contribution in [0.25, 0.3) is 11.1 Å². The fourth-order valence-corrected chi connectivity index (χ4v) is 2.52. The van der Waals surface area contributed by atoms with E-state index >= 15 is 0 Å². The molecule has 0 aliphatic carbocycles. The van der Waals surface area contributed by atoms with Crippen LogP contribution in [0.4, 0.5) is 4.39 Å². The fourth-order valence-electron chi connectivity index (χ4n) is 1.54. The van der Waals surface area contributed by atoms with Gasteiger partial charge in [0.05, 0.1) is 4.90 Å². The lowest BCUT2D eigenvalue weighted by atomic mass is 10.1. The zero-order valence-electron chi connectivity index (χ0n) is 8.90. The third-order valence-electron chi connectivity index (χ3n) is 2.31. The van der Waals surface area contributed by atoms with E-state index in [9.17, 15) is 12.8 Å². The Morgan fingerprint density at radius 3 is 2.33 bits per heavy atom. The molecule has 0 aliphatic rings. The molecule has 0 fully saturated rings. The Morgan fingerprint density at radius 2 is 1.72 bits per heavy atom. The number of halogens is 3. The summed E-state index contributed by atoms with van der Waals surface area (Å²) in [6.45, 7) is 0. The fraction of sp³-hybridized carbons (Fsp3) is 0. The highest BCUT2D eigenvalue weighted by molar-refractivity contribution is 8.13. The molecule has 0 aromatic heterocycles. The normalized spacial score (nSPS) is 11.5. The summed E-state index contributed by atoms with van der Waals surface area (Å²) < 4.78 is 35.8. The van der Waals surface area contributed by atoms with Gasteiger partial charge >= 0.3 is 0 Å². The van der Waals surface area contributed by atoms with Crippen LogP contribution in [0.5, 0.6) is 0 Å². The van der Waals surface area contributed by atoms with Gasteiger partial charge in [-0.2, -0.15) is 0 Å². The van der Waals surface area contributed by atoms with Gasteiger partial charge in [-0.25, -0.2) is 12.8 Å². The molecular weight excluding hydrogens is 298 g/mol. The van der Waals surface area contributed by atoms with E-state index in [0.717, 1.165) is 6.07 Å². The van der Waals surface area contributed by atoms with Crippen molar-refractivity contribution >= 4 is 31.3 Å². The topological polar surface area (TPSA) is 34.1 Å². The SMILES string of the molecule is O=S(=O)(Cl)c1cc(F)cc(-c2cccc(Cl)c2)c1. The molecule has 0 atom stereocenters. The smallest absolute Gasteiger partial charge is 0.207 e. The maximum Gasteiger partial charge on any atom is 0.261 e. The molecule has 0 aliphatic heterocycles. The quantitative estimate of drug-likeness (QED) is 0.784. The Morgan fingerprint density at radius 1 is 1.00 bits per heavy atom. The summed E-state index contributed by atoms with van der Waals surface area (Å²) in [6, 6.07) is 10.1. The second-order valence-electron chi connectivity index (χ2n) is 3.62. The van der Waals surface area contributed by atoms with Crippen molar-refractivity contribution in [2.75, 3.05) is 0 Å². The second-order valence-corrected chi connectivity index (χ2v) is 6.63. The summed E-state index contributed by atoms with van der Waals surface area (Å²) in [5.74, 6) is -0.674. The highest BCUT2D eigenvalue weighted by atomic mass is 35.7. The summed E-state index contributed by atoms with van der Waals surface area (Å²) >= 11 is 5.83. The summed E-state index contributed by atoms with van der Waals surface area (Å²) in [5, 5.41) is 0.479. The average Bonchev–Trinajstić information content (AvgIpc) is 2.27. The lowest BCUT2D eigenvalue weighted by Crippen LogP contribution is -1.93. The first-order valence-electron chi connectivity index (χ1n) is 4.87. The van der Waals surface area contributed by atoms with Crippen molar-refractivity contribution in [2.24, 2.45) is 0 Å². The molecule has 0 saturated carbocycles. The first-order chi connectivity index (χ1) is 8.36. The molecule has 2 rings (SSSR count). The zero-order chi connectivity index (χ0) is 13.3. The lowest BCUT2D eigenvalue weighted by Gasteiger charge is -2.05. The van der Waals surface area contributed by atoms with E-state index in [-0.39, 0.29) is 4.90 Å². The molecule has 6 heteroatoms. The van der Waals surface area contributed by atoms with Crippen molar-refractivity contribution in [3.8, 4) is 11.1 Å². The minimum atomic E-state index is -3.97. The molecule has 0 unspecified atom stereocenters. The third kappa shape index (κ3) is 3.02. The first kappa shape index (κ1) is 13.3. The zero-order valence-corrected chi connectivity index (χ0v) is 11.2. The molecule has 94 valence electrons. The Hall–Kier alpha value is -1.10. The van der Waals surface area contributed by atoms with Gasteiger partial charge in [0.1, 0.15) is 5.82 Å².